The lowest BCUT2D eigenvalue weighted by Crippen LogP contribution is -2.55. The molecule has 0 radical (unpaired) electrons. The Labute approximate surface area is 214 Å². The summed E-state index contributed by atoms with van der Waals surface area (Å²) in [6.07, 6.45) is 1.38. The van der Waals surface area contributed by atoms with Crippen LogP contribution < -0.4 is 19.1 Å². The van der Waals surface area contributed by atoms with Gasteiger partial charge in [-0.05, 0) is 57.0 Å². The van der Waals surface area contributed by atoms with Crippen LogP contribution in [0, 0.1) is 0 Å². The maximum atomic E-state index is 13.7. The number of carbonyl (C=O) groups excluding carboxylic acids is 2. The van der Waals surface area contributed by atoms with Crippen LogP contribution in [0.1, 0.15) is 39.7 Å². The number of sulfonamides is 1. The first-order valence-corrected chi connectivity index (χ1v) is 13.5. The highest BCUT2D eigenvalue weighted by Crippen LogP contribution is 2.30. The van der Waals surface area contributed by atoms with Crippen LogP contribution >= 0.6 is 0 Å². The molecule has 36 heavy (non-hydrogen) atoms. The maximum absolute atomic E-state index is 13.7. The van der Waals surface area contributed by atoms with Gasteiger partial charge in [0.2, 0.25) is 21.8 Å². The summed E-state index contributed by atoms with van der Waals surface area (Å²) in [6, 6.07) is 12.9. The minimum absolute atomic E-state index is 0.114. The number of anilines is 1. The molecular weight excluding hydrogens is 482 g/mol. The van der Waals surface area contributed by atoms with Gasteiger partial charge in [-0.15, -0.1) is 0 Å². The highest BCUT2D eigenvalue weighted by Gasteiger charge is 2.33. The number of benzene rings is 2. The van der Waals surface area contributed by atoms with Crippen molar-refractivity contribution in [3.8, 4) is 11.5 Å². The van der Waals surface area contributed by atoms with Crippen LogP contribution in [0.5, 0.6) is 11.5 Å². The molecule has 0 fully saturated rings. The predicted molar refractivity (Wildman–Crippen MR) is 141 cm³/mol. The maximum Gasteiger partial charge on any atom is 0.244 e. The summed E-state index contributed by atoms with van der Waals surface area (Å²) in [6.45, 7) is 7.02. The molecule has 0 aliphatic heterocycles. The Morgan fingerprint density at radius 1 is 1.00 bits per heavy atom. The van der Waals surface area contributed by atoms with Gasteiger partial charge in [0.15, 0.2) is 0 Å². The van der Waals surface area contributed by atoms with Crippen LogP contribution in [0.15, 0.2) is 48.5 Å². The summed E-state index contributed by atoms with van der Waals surface area (Å²) in [5, 5.41) is 2.94. The van der Waals surface area contributed by atoms with E-state index in [4.69, 9.17) is 9.47 Å². The van der Waals surface area contributed by atoms with Crippen molar-refractivity contribution in [1.29, 1.82) is 0 Å². The fourth-order valence-corrected chi connectivity index (χ4v) is 4.58. The number of para-hydroxylation sites is 2. The van der Waals surface area contributed by atoms with Gasteiger partial charge in [0.05, 0.1) is 26.2 Å². The highest BCUT2D eigenvalue weighted by atomic mass is 32.2. The van der Waals surface area contributed by atoms with Crippen LogP contribution in [0.4, 0.5) is 5.69 Å². The number of hydrogen-bond acceptors (Lipinski definition) is 6. The first kappa shape index (κ1) is 29.0. The number of ether oxygens (including phenoxy) is 2. The third-order valence-corrected chi connectivity index (χ3v) is 6.56. The smallest absolute Gasteiger partial charge is 0.244 e. The number of nitrogens with zero attached hydrogens (tertiary/aromatic N) is 2. The van der Waals surface area contributed by atoms with Gasteiger partial charge in [-0.2, -0.15) is 0 Å². The second-order valence-electron chi connectivity index (χ2n) is 9.47. The van der Waals surface area contributed by atoms with Gasteiger partial charge >= 0.3 is 0 Å². The van der Waals surface area contributed by atoms with Gasteiger partial charge in [0.25, 0.3) is 0 Å². The summed E-state index contributed by atoms with van der Waals surface area (Å²) in [5.74, 6) is 0.150. The molecule has 1 N–H and O–H groups in total. The zero-order valence-electron chi connectivity index (χ0n) is 22.1. The average Bonchev–Trinajstić information content (AvgIpc) is 2.80. The van der Waals surface area contributed by atoms with E-state index in [0.29, 0.717) is 17.9 Å². The van der Waals surface area contributed by atoms with Crippen LogP contribution in [-0.2, 0) is 26.2 Å². The zero-order chi connectivity index (χ0) is 27.1. The molecule has 0 spiro atoms. The molecular formula is C26H37N3O6S. The molecule has 0 unspecified atom stereocenters. The molecule has 9 nitrogen and oxygen atoms in total. The van der Waals surface area contributed by atoms with Crippen molar-refractivity contribution in [2.24, 2.45) is 0 Å². The minimum atomic E-state index is -3.85. The van der Waals surface area contributed by atoms with Crippen LogP contribution in [0.2, 0.25) is 0 Å². The molecule has 0 bridgehead atoms. The van der Waals surface area contributed by atoms with Gasteiger partial charge in [0, 0.05) is 12.1 Å². The largest absolute Gasteiger partial charge is 0.497 e. The molecule has 0 heterocycles. The topological polar surface area (TPSA) is 105 Å². The number of rotatable bonds is 11. The predicted octanol–water partition coefficient (Wildman–Crippen LogP) is 3.19. The Morgan fingerprint density at radius 2 is 1.61 bits per heavy atom. The number of methoxy groups -OCH3 is 2. The fourth-order valence-electron chi connectivity index (χ4n) is 3.73. The van der Waals surface area contributed by atoms with E-state index in [-0.39, 0.29) is 18.1 Å². The second kappa shape index (κ2) is 12.1. The molecule has 198 valence electrons. The lowest BCUT2D eigenvalue weighted by molar-refractivity contribution is -0.141. The highest BCUT2D eigenvalue weighted by molar-refractivity contribution is 7.92. The molecule has 0 saturated carbocycles. The number of amides is 2. The molecule has 2 amide bonds. The van der Waals surface area contributed by atoms with Gasteiger partial charge in [-0.25, -0.2) is 8.42 Å². The van der Waals surface area contributed by atoms with E-state index in [1.165, 1.54) is 12.0 Å². The van der Waals surface area contributed by atoms with Crippen molar-refractivity contribution in [3.63, 3.8) is 0 Å². The van der Waals surface area contributed by atoms with E-state index in [1.54, 1.807) is 43.5 Å². The average molecular weight is 520 g/mol. The Bertz CT molecular complexity index is 1140. The van der Waals surface area contributed by atoms with Gasteiger partial charge in [-0.1, -0.05) is 31.2 Å². The van der Waals surface area contributed by atoms with E-state index in [1.807, 2.05) is 39.8 Å². The molecule has 0 aliphatic carbocycles. The summed E-state index contributed by atoms with van der Waals surface area (Å²) < 4.78 is 37.1. The van der Waals surface area contributed by atoms with Crippen LogP contribution in [0.25, 0.3) is 0 Å². The summed E-state index contributed by atoms with van der Waals surface area (Å²) >= 11 is 0. The van der Waals surface area contributed by atoms with E-state index in [2.05, 4.69) is 5.32 Å². The zero-order valence-corrected chi connectivity index (χ0v) is 22.9. The standard InChI is InChI=1S/C26H37N3O6S/c1-8-21(25(31)27-26(2,3)4)28(17-19-13-15-20(34-5)16-14-19)24(30)18-29(36(7,32)33)22-11-9-10-12-23(22)35-6/h9-16,21H,8,17-18H2,1-7H3,(H,27,31)/t21-/m0/s1. The monoisotopic (exact) mass is 519 g/mol. The molecule has 2 aromatic carbocycles. The quantitative estimate of drug-likeness (QED) is 0.489. The normalized spacial score (nSPS) is 12.4. The Balaban J connectivity index is 2.49. The van der Waals surface area contributed by atoms with E-state index in [9.17, 15) is 18.0 Å². The fraction of sp³-hybridized carbons (Fsp3) is 0.462. The van der Waals surface area contributed by atoms with Crippen molar-refractivity contribution in [2.75, 3.05) is 31.3 Å². The van der Waals surface area contributed by atoms with Crippen LogP contribution in [-0.4, -0.2) is 63.7 Å². The van der Waals surface area contributed by atoms with E-state index >= 15 is 0 Å². The second-order valence-corrected chi connectivity index (χ2v) is 11.4. The molecule has 0 aromatic heterocycles. The minimum Gasteiger partial charge on any atom is -0.497 e. The summed E-state index contributed by atoms with van der Waals surface area (Å²) in [5.41, 5.74) is 0.511. The van der Waals surface area contributed by atoms with Gasteiger partial charge < -0.3 is 19.7 Å². The van der Waals surface area contributed by atoms with Crippen LogP contribution in [0.3, 0.4) is 0 Å². The molecule has 10 heteroatoms. The SMILES string of the molecule is CC[C@@H](C(=O)NC(C)(C)C)N(Cc1ccc(OC)cc1)C(=O)CN(c1ccccc1OC)S(C)(=O)=O. The summed E-state index contributed by atoms with van der Waals surface area (Å²) in [7, 11) is -0.860. The third-order valence-electron chi connectivity index (χ3n) is 5.43. The van der Waals surface area contributed by atoms with Crippen molar-refractivity contribution in [2.45, 2.75) is 52.2 Å². The molecule has 0 aliphatic rings. The first-order chi connectivity index (χ1) is 16.8. The van der Waals surface area contributed by atoms with Gasteiger partial charge in [0.1, 0.15) is 24.1 Å². The van der Waals surface area contributed by atoms with Crippen molar-refractivity contribution >= 4 is 27.5 Å². The number of nitrogens with one attached hydrogen (secondary N) is 1. The first-order valence-electron chi connectivity index (χ1n) is 11.7. The Kier molecular flexibility index (Phi) is 9.75. The molecule has 2 rings (SSSR count). The van der Waals surface area contributed by atoms with Gasteiger partial charge in [-0.3, -0.25) is 13.9 Å². The number of carbonyl (C=O) groups is 2. The van der Waals surface area contributed by atoms with E-state index < -0.39 is 34.1 Å². The Hall–Kier alpha value is -3.27. The van der Waals surface area contributed by atoms with E-state index in [0.717, 1.165) is 16.1 Å². The van der Waals surface area contributed by atoms with Crippen molar-refractivity contribution < 1.29 is 27.5 Å². The lowest BCUT2D eigenvalue weighted by Gasteiger charge is -2.34. The van der Waals surface area contributed by atoms with Crippen molar-refractivity contribution in [3.05, 3.63) is 54.1 Å². The summed E-state index contributed by atoms with van der Waals surface area (Å²) in [4.78, 5) is 28.4. The third kappa shape index (κ3) is 7.87. The lowest BCUT2D eigenvalue weighted by atomic mass is 10.1. The molecule has 2 aromatic rings. The molecule has 1 atom stereocenters. The Morgan fingerprint density at radius 3 is 2.11 bits per heavy atom. The van der Waals surface area contributed by atoms with Crippen molar-refractivity contribution in [1.82, 2.24) is 10.2 Å². The number of hydrogen-bond donors (Lipinski definition) is 1. The molecule has 0 saturated heterocycles.